The molecule has 0 saturated heterocycles. The number of esters is 1. The minimum atomic E-state index is -1.02. The maximum absolute atomic E-state index is 11.2. The van der Waals surface area contributed by atoms with E-state index in [1.54, 1.807) is 0 Å². The van der Waals surface area contributed by atoms with Crippen LogP contribution in [0.3, 0.4) is 0 Å². The van der Waals surface area contributed by atoms with E-state index in [9.17, 15) is 4.79 Å². The van der Waals surface area contributed by atoms with E-state index in [1.165, 1.54) is 14.2 Å². The van der Waals surface area contributed by atoms with Gasteiger partial charge in [-0.15, -0.1) is 0 Å². The van der Waals surface area contributed by atoms with Gasteiger partial charge in [0.1, 0.15) is 5.75 Å². The van der Waals surface area contributed by atoms with E-state index in [0.717, 1.165) is 11.1 Å². The SMILES string of the molecule is COC(=O)C(OC)Oc1cc(C)cc(C)c1. The Morgan fingerprint density at radius 2 is 1.69 bits per heavy atom. The molecule has 0 bridgehead atoms. The molecule has 1 unspecified atom stereocenters. The molecule has 1 rings (SSSR count). The predicted molar refractivity (Wildman–Crippen MR) is 59.4 cm³/mol. The molecular weight excluding hydrogens is 208 g/mol. The van der Waals surface area contributed by atoms with Crippen molar-refractivity contribution in [3.05, 3.63) is 29.3 Å². The Morgan fingerprint density at radius 3 is 2.12 bits per heavy atom. The topological polar surface area (TPSA) is 44.8 Å². The van der Waals surface area contributed by atoms with E-state index in [4.69, 9.17) is 9.47 Å². The molecule has 0 aliphatic carbocycles. The number of hydrogen-bond donors (Lipinski definition) is 0. The molecule has 1 atom stereocenters. The largest absolute Gasteiger partial charge is 0.464 e. The summed E-state index contributed by atoms with van der Waals surface area (Å²) in [5, 5.41) is 0. The molecule has 4 heteroatoms. The van der Waals surface area contributed by atoms with Gasteiger partial charge >= 0.3 is 5.97 Å². The maximum Gasteiger partial charge on any atom is 0.376 e. The fourth-order valence-corrected chi connectivity index (χ4v) is 1.41. The number of methoxy groups -OCH3 is 2. The molecule has 0 fully saturated rings. The van der Waals surface area contributed by atoms with Crippen molar-refractivity contribution < 1.29 is 19.0 Å². The van der Waals surface area contributed by atoms with Crippen molar-refractivity contribution in [2.24, 2.45) is 0 Å². The number of benzene rings is 1. The second-order valence-electron chi connectivity index (χ2n) is 3.53. The minimum Gasteiger partial charge on any atom is -0.464 e. The van der Waals surface area contributed by atoms with Gasteiger partial charge in [0.05, 0.1) is 7.11 Å². The molecule has 0 aliphatic rings. The van der Waals surface area contributed by atoms with Gasteiger partial charge in [-0.2, -0.15) is 0 Å². The summed E-state index contributed by atoms with van der Waals surface area (Å²) in [4.78, 5) is 11.2. The van der Waals surface area contributed by atoms with Gasteiger partial charge in [0.25, 0.3) is 6.29 Å². The number of hydrogen-bond acceptors (Lipinski definition) is 4. The van der Waals surface area contributed by atoms with E-state index >= 15 is 0 Å². The third-order valence-electron chi connectivity index (χ3n) is 2.05. The Kier molecular flexibility index (Phi) is 4.31. The third-order valence-corrected chi connectivity index (χ3v) is 2.05. The summed E-state index contributed by atoms with van der Waals surface area (Å²) < 4.78 is 14.8. The number of ether oxygens (including phenoxy) is 3. The maximum atomic E-state index is 11.2. The first kappa shape index (κ1) is 12.5. The van der Waals surface area contributed by atoms with Crippen molar-refractivity contribution >= 4 is 5.97 Å². The molecule has 0 amide bonds. The van der Waals surface area contributed by atoms with Crippen LogP contribution in [0.5, 0.6) is 5.75 Å². The monoisotopic (exact) mass is 224 g/mol. The van der Waals surface area contributed by atoms with Crippen molar-refractivity contribution in [2.75, 3.05) is 14.2 Å². The molecule has 88 valence electrons. The van der Waals surface area contributed by atoms with E-state index in [2.05, 4.69) is 4.74 Å². The van der Waals surface area contributed by atoms with Crippen LogP contribution in [-0.2, 0) is 14.3 Å². The number of aryl methyl sites for hydroxylation is 2. The fourth-order valence-electron chi connectivity index (χ4n) is 1.41. The quantitative estimate of drug-likeness (QED) is 0.578. The summed E-state index contributed by atoms with van der Waals surface area (Å²) in [6.07, 6.45) is -1.02. The molecular formula is C12H16O4. The van der Waals surface area contributed by atoms with Gasteiger partial charge in [-0.1, -0.05) is 6.07 Å². The van der Waals surface area contributed by atoms with Gasteiger partial charge in [0.2, 0.25) is 0 Å². The highest BCUT2D eigenvalue weighted by atomic mass is 16.7. The zero-order valence-corrected chi connectivity index (χ0v) is 9.94. The average molecular weight is 224 g/mol. The second kappa shape index (κ2) is 5.51. The number of carbonyl (C=O) groups is 1. The molecule has 16 heavy (non-hydrogen) atoms. The first-order valence-corrected chi connectivity index (χ1v) is 4.92. The Labute approximate surface area is 95.1 Å². The third kappa shape index (κ3) is 3.24. The molecule has 1 aromatic carbocycles. The Bertz CT molecular complexity index is 353. The summed E-state index contributed by atoms with van der Waals surface area (Å²) in [6.45, 7) is 3.92. The van der Waals surface area contributed by atoms with Crippen LogP contribution in [0.2, 0.25) is 0 Å². The van der Waals surface area contributed by atoms with Gasteiger partial charge in [-0.25, -0.2) is 4.79 Å². The lowest BCUT2D eigenvalue weighted by molar-refractivity contribution is -0.170. The van der Waals surface area contributed by atoms with Crippen molar-refractivity contribution in [1.82, 2.24) is 0 Å². The standard InChI is InChI=1S/C12H16O4/c1-8-5-9(2)7-10(6-8)16-12(15-4)11(13)14-3/h5-7,12H,1-4H3. The van der Waals surface area contributed by atoms with Crippen LogP contribution in [-0.4, -0.2) is 26.5 Å². The molecule has 1 aromatic rings. The smallest absolute Gasteiger partial charge is 0.376 e. The first-order chi connectivity index (χ1) is 7.56. The van der Waals surface area contributed by atoms with Crippen molar-refractivity contribution in [3.63, 3.8) is 0 Å². The van der Waals surface area contributed by atoms with Crippen LogP contribution in [0.25, 0.3) is 0 Å². The lowest BCUT2D eigenvalue weighted by atomic mass is 10.1. The van der Waals surface area contributed by atoms with Gasteiger partial charge in [-0.3, -0.25) is 0 Å². The highest BCUT2D eigenvalue weighted by Gasteiger charge is 2.20. The summed E-state index contributed by atoms with van der Waals surface area (Å²) in [6, 6.07) is 5.69. The summed E-state index contributed by atoms with van der Waals surface area (Å²) in [7, 11) is 2.68. The minimum absolute atomic E-state index is 0.554. The van der Waals surface area contributed by atoms with Gasteiger partial charge < -0.3 is 14.2 Å². The number of carbonyl (C=O) groups excluding carboxylic acids is 1. The molecule has 0 spiro atoms. The van der Waals surface area contributed by atoms with Crippen LogP contribution < -0.4 is 4.74 Å². The van der Waals surface area contributed by atoms with Crippen LogP contribution >= 0.6 is 0 Å². The number of rotatable bonds is 4. The summed E-state index contributed by atoms with van der Waals surface area (Å²) in [5.41, 5.74) is 2.13. The van der Waals surface area contributed by atoms with Crippen LogP contribution in [0.4, 0.5) is 0 Å². The van der Waals surface area contributed by atoms with Gasteiger partial charge in [0, 0.05) is 7.11 Å². The van der Waals surface area contributed by atoms with E-state index < -0.39 is 12.3 Å². The highest BCUT2D eigenvalue weighted by Crippen LogP contribution is 2.18. The van der Waals surface area contributed by atoms with Crippen molar-refractivity contribution in [1.29, 1.82) is 0 Å². The molecule has 0 heterocycles. The van der Waals surface area contributed by atoms with E-state index in [0.29, 0.717) is 5.75 Å². The fraction of sp³-hybridized carbons (Fsp3) is 0.417. The van der Waals surface area contributed by atoms with E-state index in [1.807, 2.05) is 32.0 Å². The lowest BCUT2D eigenvalue weighted by Crippen LogP contribution is -2.30. The molecule has 0 saturated carbocycles. The van der Waals surface area contributed by atoms with E-state index in [-0.39, 0.29) is 0 Å². The van der Waals surface area contributed by atoms with Crippen molar-refractivity contribution in [2.45, 2.75) is 20.1 Å². The molecule has 4 nitrogen and oxygen atoms in total. The van der Waals surface area contributed by atoms with Gasteiger partial charge in [-0.05, 0) is 37.1 Å². The second-order valence-corrected chi connectivity index (χ2v) is 3.53. The Hall–Kier alpha value is -1.55. The summed E-state index contributed by atoms with van der Waals surface area (Å²) >= 11 is 0. The van der Waals surface area contributed by atoms with Crippen LogP contribution in [0, 0.1) is 13.8 Å². The van der Waals surface area contributed by atoms with Crippen molar-refractivity contribution in [3.8, 4) is 5.75 Å². The first-order valence-electron chi connectivity index (χ1n) is 4.92. The zero-order valence-electron chi connectivity index (χ0n) is 9.94. The van der Waals surface area contributed by atoms with Crippen LogP contribution in [0.1, 0.15) is 11.1 Å². The lowest BCUT2D eigenvalue weighted by Gasteiger charge is -2.15. The molecule has 0 radical (unpaired) electrons. The normalized spacial score (nSPS) is 12.0. The zero-order chi connectivity index (χ0) is 12.1. The molecule has 0 aliphatic heterocycles. The highest BCUT2D eigenvalue weighted by molar-refractivity contribution is 5.73. The Morgan fingerprint density at radius 1 is 1.12 bits per heavy atom. The predicted octanol–water partition coefficient (Wildman–Crippen LogP) is 1.83. The van der Waals surface area contributed by atoms with Gasteiger partial charge in [0.15, 0.2) is 0 Å². The molecule has 0 N–H and O–H groups in total. The average Bonchev–Trinajstić information content (AvgIpc) is 2.23. The molecule has 0 aromatic heterocycles. The summed E-state index contributed by atoms with van der Waals surface area (Å²) in [5.74, 6) is 0.0383. The Balaban J connectivity index is 2.81. The van der Waals surface area contributed by atoms with Crippen LogP contribution in [0.15, 0.2) is 18.2 Å².